The Balaban J connectivity index is 2.14. The van der Waals surface area contributed by atoms with Gasteiger partial charge in [0, 0.05) is 11.1 Å². The zero-order chi connectivity index (χ0) is 17.4. The van der Waals surface area contributed by atoms with Crippen LogP contribution in [0, 0.1) is 6.92 Å². The maximum absolute atomic E-state index is 11.9. The minimum atomic E-state index is -0.600. The van der Waals surface area contributed by atoms with Crippen LogP contribution in [0.3, 0.4) is 0 Å². The van der Waals surface area contributed by atoms with Crippen molar-refractivity contribution in [3.63, 3.8) is 0 Å². The van der Waals surface area contributed by atoms with E-state index in [1.54, 1.807) is 18.2 Å². The van der Waals surface area contributed by atoms with E-state index < -0.39 is 5.97 Å². The van der Waals surface area contributed by atoms with Gasteiger partial charge < -0.3 is 14.4 Å². The van der Waals surface area contributed by atoms with Gasteiger partial charge in [-0.3, -0.25) is 0 Å². The van der Waals surface area contributed by atoms with Crippen LogP contribution in [-0.2, 0) is 25.8 Å². The number of aromatic nitrogens is 2. The van der Waals surface area contributed by atoms with Gasteiger partial charge in [0.1, 0.15) is 19.4 Å². The van der Waals surface area contributed by atoms with Gasteiger partial charge in [0.25, 0.3) is 0 Å². The number of hydrogen-bond donors (Lipinski definition) is 0. The first kappa shape index (κ1) is 17.5. The van der Waals surface area contributed by atoms with Gasteiger partial charge in [0.2, 0.25) is 0 Å². The number of carbonyl (C=O) groups excluding carboxylic acids is 1. The molecule has 1 heterocycles. The van der Waals surface area contributed by atoms with Crippen molar-refractivity contribution < 1.29 is 19.2 Å². The number of oxime groups is 2. The zero-order valence-corrected chi connectivity index (χ0v) is 14.2. The summed E-state index contributed by atoms with van der Waals surface area (Å²) in [6.45, 7) is 2.04. The van der Waals surface area contributed by atoms with E-state index in [9.17, 15) is 4.79 Å². The lowest BCUT2D eigenvalue weighted by Crippen LogP contribution is -2.19. The van der Waals surface area contributed by atoms with Crippen LogP contribution in [0.1, 0.15) is 21.7 Å². The SMILES string of the molecule is CO/N=C(/C(=O)OC)c1ccccc1CO/N=C\c1nnsc1C. The second-order valence-corrected chi connectivity index (χ2v) is 5.45. The van der Waals surface area contributed by atoms with Gasteiger partial charge in [-0.15, -0.1) is 5.10 Å². The number of esters is 1. The summed E-state index contributed by atoms with van der Waals surface area (Å²) in [4.78, 5) is 22.8. The molecule has 8 nitrogen and oxygen atoms in total. The van der Waals surface area contributed by atoms with Crippen LogP contribution in [0.15, 0.2) is 34.6 Å². The van der Waals surface area contributed by atoms with Crippen LogP contribution in [-0.4, -0.2) is 41.7 Å². The molecule has 126 valence electrons. The highest BCUT2D eigenvalue weighted by molar-refractivity contribution is 7.05. The fraction of sp³-hybridized carbons (Fsp3) is 0.267. The maximum atomic E-state index is 11.9. The number of methoxy groups -OCH3 is 1. The van der Waals surface area contributed by atoms with Crippen molar-refractivity contribution in [1.82, 2.24) is 9.59 Å². The molecule has 0 amide bonds. The van der Waals surface area contributed by atoms with Gasteiger partial charge in [0.15, 0.2) is 5.71 Å². The lowest BCUT2D eigenvalue weighted by Gasteiger charge is -2.09. The lowest BCUT2D eigenvalue weighted by molar-refractivity contribution is -0.132. The average molecular weight is 348 g/mol. The number of carbonyl (C=O) groups is 1. The number of benzene rings is 1. The normalized spacial score (nSPS) is 11.5. The molecule has 0 aliphatic carbocycles. The molecule has 24 heavy (non-hydrogen) atoms. The number of hydrogen-bond acceptors (Lipinski definition) is 9. The summed E-state index contributed by atoms with van der Waals surface area (Å²) >= 11 is 1.29. The number of ether oxygens (including phenoxy) is 1. The molecule has 0 unspecified atom stereocenters. The molecular formula is C15H16N4O4S. The van der Waals surface area contributed by atoms with E-state index in [1.807, 2.05) is 13.0 Å². The second-order valence-electron chi connectivity index (χ2n) is 4.49. The van der Waals surface area contributed by atoms with E-state index in [0.717, 1.165) is 4.88 Å². The largest absolute Gasteiger partial charge is 0.464 e. The molecule has 0 radical (unpaired) electrons. The van der Waals surface area contributed by atoms with Gasteiger partial charge in [-0.2, -0.15) is 0 Å². The molecule has 0 saturated carbocycles. The zero-order valence-electron chi connectivity index (χ0n) is 13.4. The summed E-state index contributed by atoms with van der Waals surface area (Å²) < 4.78 is 8.54. The van der Waals surface area contributed by atoms with E-state index in [-0.39, 0.29) is 12.3 Å². The number of rotatable bonds is 7. The van der Waals surface area contributed by atoms with Crippen LogP contribution in [0.5, 0.6) is 0 Å². The third-order valence-corrected chi connectivity index (χ3v) is 3.64. The molecule has 9 heteroatoms. The Labute approximate surface area is 142 Å². The molecular weight excluding hydrogens is 332 g/mol. The Morgan fingerprint density at radius 1 is 1.33 bits per heavy atom. The van der Waals surface area contributed by atoms with E-state index in [0.29, 0.717) is 16.8 Å². The summed E-state index contributed by atoms with van der Waals surface area (Å²) in [5.41, 5.74) is 1.98. The summed E-state index contributed by atoms with van der Waals surface area (Å²) in [7, 11) is 2.64. The Bertz CT molecular complexity index is 757. The van der Waals surface area contributed by atoms with Crippen LogP contribution in [0.25, 0.3) is 0 Å². The van der Waals surface area contributed by atoms with Crippen LogP contribution in [0.4, 0.5) is 0 Å². The molecule has 0 aliphatic heterocycles. The van der Waals surface area contributed by atoms with Gasteiger partial charge >= 0.3 is 5.97 Å². The fourth-order valence-electron chi connectivity index (χ4n) is 1.82. The fourth-order valence-corrected chi connectivity index (χ4v) is 2.25. The first-order chi connectivity index (χ1) is 11.7. The van der Waals surface area contributed by atoms with Crippen LogP contribution in [0.2, 0.25) is 0 Å². The van der Waals surface area contributed by atoms with E-state index in [1.165, 1.54) is 32.0 Å². The quantitative estimate of drug-likeness (QED) is 0.431. The summed E-state index contributed by atoms with van der Waals surface area (Å²) in [6, 6.07) is 7.13. The van der Waals surface area contributed by atoms with E-state index in [2.05, 4.69) is 19.9 Å². The number of nitrogens with zero attached hydrogens (tertiary/aromatic N) is 4. The Morgan fingerprint density at radius 3 is 2.79 bits per heavy atom. The predicted octanol–water partition coefficient (Wildman–Crippen LogP) is 1.92. The molecule has 2 aromatic rings. The van der Waals surface area contributed by atoms with Gasteiger partial charge in [-0.05, 0) is 18.5 Å². The van der Waals surface area contributed by atoms with Crippen LogP contribution >= 0.6 is 11.5 Å². The first-order valence-corrected chi connectivity index (χ1v) is 7.66. The Kier molecular flexibility index (Phi) is 6.38. The molecule has 0 N–H and O–H groups in total. The molecule has 1 aromatic carbocycles. The standard InChI is InChI=1S/C15H16N4O4S/c1-10-13(17-19-24-10)8-16-23-9-11-6-4-5-7-12(11)14(18-22-3)15(20)21-2/h4-8H,9H2,1-3H3/b16-8-,18-14+. The minimum Gasteiger partial charge on any atom is -0.464 e. The van der Waals surface area contributed by atoms with Crippen molar-refractivity contribution in [3.8, 4) is 0 Å². The van der Waals surface area contributed by atoms with Gasteiger partial charge in [-0.1, -0.05) is 39.1 Å². The molecule has 0 fully saturated rings. The highest BCUT2D eigenvalue weighted by Gasteiger charge is 2.19. The molecule has 0 spiro atoms. The summed E-state index contributed by atoms with van der Waals surface area (Å²) in [5.74, 6) is -0.600. The van der Waals surface area contributed by atoms with Crippen molar-refractivity contribution in [2.45, 2.75) is 13.5 Å². The molecule has 0 bridgehead atoms. The predicted molar refractivity (Wildman–Crippen MR) is 89.0 cm³/mol. The molecule has 0 atom stereocenters. The van der Waals surface area contributed by atoms with Crippen molar-refractivity contribution in [3.05, 3.63) is 46.0 Å². The van der Waals surface area contributed by atoms with Crippen LogP contribution < -0.4 is 0 Å². The van der Waals surface area contributed by atoms with Crippen molar-refractivity contribution in [2.75, 3.05) is 14.2 Å². The molecule has 1 aromatic heterocycles. The maximum Gasteiger partial charge on any atom is 0.360 e. The molecule has 0 aliphatic rings. The Hall–Kier alpha value is -2.81. The Morgan fingerprint density at radius 2 is 2.12 bits per heavy atom. The number of aryl methyl sites for hydroxylation is 1. The molecule has 2 rings (SSSR count). The molecule has 0 saturated heterocycles. The highest BCUT2D eigenvalue weighted by atomic mass is 32.1. The smallest absolute Gasteiger partial charge is 0.360 e. The second kappa shape index (κ2) is 8.73. The van der Waals surface area contributed by atoms with Gasteiger partial charge in [0.05, 0.1) is 18.2 Å². The third-order valence-electron chi connectivity index (χ3n) is 2.99. The summed E-state index contributed by atoms with van der Waals surface area (Å²) in [5, 5.41) is 11.5. The first-order valence-electron chi connectivity index (χ1n) is 6.89. The van der Waals surface area contributed by atoms with E-state index in [4.69, 9.17) is 14.4 Å². The topological polar surface area (TPSA) is 95.3 Å². The van der Waals surface area contributed by atoms with Crippen molar-refractivity contribution in [1.29, 1.82) is 0 Å². The van der Waals surface area contributed by atoms with Crippen molar-refractivity contribution in [2.24, 2.45) is 10.3 Å². The minimum absolute atomic E-state index is 0.0581. The monoisotopic (exact) mass is 348 g/mol. The third kappa shape index (κ3) is 4.35. The average Bonchev–Trinajstić information content (AvgIpc) is 3.01. The van der Waals surface area contributed by atoms with E-state index >= 15 is 0 Å². The van der Waals surface area contributed by atoms with Crippen molar-refractivity contribution >= 4 is 29.4 Å². The van der Waals surface area contributed by atoms with Gasteiger partial charge in [-0.25, -0.2) is 4.79 Å². The summed E-state index contributed by atoms with van der Waals surface area (Å²) in [6.07, 6.45) is 1.49. The highest BCUT2D eigenvalue weighted by Crippen LogP contribution is 2.13. The lowest BCUT2D eigenvalue weighted by atomic mass is 10.0.